The van der Waals surface area contributed by atoms with Crippen LogP contribution in [0, 0.1) is 0 Å². The van der Waals surface area contributed by atoms with Gasteiger partial charge in [0.05, 0.1) is 0 Å². The average Bonchev–Trinajstić information content (AvgIpc) is 3.40. The fraction of sp³-hybridized carbons (Fsp3) is 0.400. The number of rotatable bonds is 5. The number of carbonyl (C=O) groups excluding carboxylic acids is 1. The van der Waals surface area contributed by atoms with Crippen LogP contribution in [0.2, 0.25) is 0 Å². The van der Waals surface area contributed by atoms with Crippen LogP contribution in [0.4, 0.5) is 0 Å². The van der Waals surface area contributed by atoms with E-state index in [0.29, 0.717) is 11.6 Å². The molecule has 2 heterocycles. The Morgan fingerprint density at radius 1 is 1.16 bits per heavy atom. The summed E-state index contributed by atoms with van der Waals surface area (Å²) in [5.74, 6) is 1.35. The maximum Gasteiger partial charge on any atom is 0.276 e. The molecule has 1 aromatic heterocycles. The molecule has 2 fully saturated rings. The molecule has 1 saturated heterocycles. The molecule has 1 saturated carbocycles. The van der Waals surface area contributed by atoms with Gasteiger partial charge in [-0.25, -0.2) is 0 Å². The van der Waals surface area contributed by atoms with E-state index in [-0.39, 0.29) is 5.91 Å². The van der Waals surface area contributed by atoms with E-state index in [2.05, 4.69) is 34.3 Å². The van der Waals surface area contributed by atoms with Crippen molar-refractivity contribution >= 4 is 12.0 Å². The zero-order valence-corrected chi connectivity index (χ0v) is 14.3. The summed E-state index contributed by atoms with van der Waals surface area (Å²) in [5, 5.41) is 3.96. The number of aromatic nitrogens is 1. The molecule has 5 heteroatoms. The van der Waals surface area contributed by atoms with Crippen LogP contribution < -0.4 is 0 Å². The maximum absolute atomic E-state index is 12.5. The highest BCUT2D eigenvalue weighted by atomic mass is 16.5. The number of piperazine rings is 1. The van der Waals surface area contributed by atoms with Crippen molar-refractivity contribution in [2.24, 2.45) is 0 Å². The summed E-state index contributed by atoms with van der Waals surface area (Å²) in [6.07, 6.45) is 6.63. The Kier molecular flexibility index (Phi) is 4.65. The number of hydrogen-bond donors (Lipinski definition) is 0. The number of carbonyl (C=O) groups is 1. The smallest absolute Gasteiger partial charge is 0.276 e. The van der Waals surface area contributed by atoms with E-state index in [0.717, 1.165) is 51.3 Å². The largest absolute Gasteiger partial charge is 0.360 e. The molecule has 0 spiro atoms. The first-order valence-electron chi connectivity index (χ1n) is 8.99. The highest BCUT2D eigenvalue weighted by Gasteiger charge is 2.30. The first kappa shape index (κ1) is 16.1. The molecular formula is C20H23N3O2. The van der Waals surface area contributed by atoms with E-state index in [9.17, 15) is 4.79 Å². The van der Waals surface area contributed by atoms with Gasteiger partial charge >= 0.3 is 0 Å². The lowest BCUT2D eigenvalue weighted by atomic mass is 10.2. The molecule has 5 nitrogen and oxygen atoms in total. The van der Waals surface area contributed by atoms with Gasteiger partial charge < -0.3 is 9.42 Å². The van der Waals surface area contributed by atoms with Gasteiger partial charge in [-0.2, -0.15) is 0 Å². The highest BCUT2D eigenvalue weighted by molar-refractivity contribution is 5.92. The van der Waals surface area contributed by atoms with Crippen LogP contribution in [0.5, 0.6) is 0 Å². The lowest BCUT2D eigenvalue weighted by molar-refractivity contribution is 0.0640. The monoisotopic (exact) mass is 337 g/mol. The van der Waals surface area contributed by atoms with E-state index in [1.807, 2.05) is 29.2 Å². The van der Waals surface area contributed by atoms with Gasteiger partial charge in [0.15, 0.2) is 5.69 Å². The minimum atomic E-state index is -0.00451. The molecule has 4 rings (SSSR count). The molecule has 1 aliphatic heterocycles. The fourth-order valence-corrected chi connectivity index (χ4v) is 3.15. The van der Waals surface area contributed by atoms with Crippen molar-refractivity contribution in [2.45, 2.75) is 18.8 Å². The first-order chi connectivity index (χ1) is 12.3. The fourth-order valence-electron chi connectivity index (χ4n) is 3.15. The van der Waals surface area contributed by atoms with Crippen LogP contribution in [0.3, 0.4) is 0 Å². The van der Waals surface area contributed by atoms with Crippen molar-refractivity contribution in [2.75, 3.05) is 32.7 Å². The summed E-state index contributed by atoms with van der Waals surface area (Å²) >= 11 is 0. The topological polar surface area (TPSA) is 49.6 Å². The summed E-state index contributed by atoms with van der Waals surface area (Å²) in [7, 11) is 0. The van der Waals surface area contributed by atoms with Gasteiger partial charge in [0, 0.05) is 44.7 Å². The van der Waals surface area contributed by atoms with Crippen molar-refractivity contribution < 1.29 is 9.32 Å². The molecule has 130 valence electrons. The van der Waals surface area contributed by atoms with Crippen LogP contribution in [0.25, 0.3) is 6.08 Å². The van der Waals surface area contributed by atoms with Crippen molar-refractivity contribution in [1.82, 2.24) is 15.0 Å². The maximum atomic E-state index is 12.5. The molecule has 2 aliphatic rings. The molecule has 0 unspecified atom stereocenters. The summed E-state index contributed by atoms with van der Waals surface area (Å²) < 4.78 is 5.30. The lowest BCUT2D eigenvalue weighted by Gasteiger charge is -2.33. The number of amides is 1. The van der Waals surface area contributed by atoms with Gasteiger partial charge in [0.25, 0.3) is 5.91 Å². The number of nitrogens with zero attached hydrogens (tertiary/aromatic N) is 3. The van der Waals surface area contributed by atoms with Gasteiger partial charge in [-0.05, 0) is 18.4 Å². The Bertz CT molecular complexity index is 741. The molecule has 0 N–H and O–H groups in total. The first-order valence-corrected chi connectivity index (χ1v) is 8.99. The predicted molar refractivity (Wildman–Crippen MR) is 96.3 cm³/mol. The van der Waals surface area contributed by atoms with Gasteiger partial charge in [-0.1, -0.05) is 47.6 Å². The number of hydrogen-bond acceptors (Lipinski definition) is 4. The second kappa shape index (κ2) is 7.23. The molecular weight excluding hydrogens is 314 g/mol. The van der Waals surface area contributed by atoms with E-state index in [1.54, 1.807) is 0 Å². The summed E-state index contributed by atoms with van der Waals surface area (Å²) in [4.78, 5) is 16.8. The third-order valence-corrected chi connectivity index (χ3v) is 4.86. The Balaban J connectivity index is 1.26. The van der Waals surface area contributed by atoms with E-state index >= 15 is 0 Å². The molecule has 1 aliphatic carbocycles. The van der Waals surface area contributed by atoms with Crippen molar-refractivity contribution in [3.05, 3.63) is 59.5 Å². The third kappa shape index (κ3) is 3.99. The summed E-state index contributed by atoms with van der Waals surface area (Å²) in [6.45, 7) is 4.16. The number of benzene rings is 1. The standard InChI is InChI=1S/C20H23N3O2/c24-20(18-15-19(25-21-18)17-8-9-17)23-13-11-22(12-14-23)10-4-7-16-5-2-1-3-6-16/h1-7,15,17H,8-14H2/b7-4+. The Morgan fingerprint density at radius 3 is 2.64 bits per heavy atom. The Hall–Kier alpha value is -2.40. The predicted octanol–water partition coefficient (Wildman–Crippen LogP) is 3.02. The van der Waals surface area contributed by atoms with Gasteiger partial charge in [-0.3, -0.25) is 9.69 Å². The normalized spacial score (nSPS) is 18.8. The van der Waals surface area contributed by atoms with Gasteiger partial charge in [0.2, 0.25) is 0 Å². The summed E-state index contributed by atoms with van der Waals surface area (Å²) in [5.41, 5.74) is 1.67. The Labute approximate surface area is 147 Å². The molecule has 1 aromatic carbocycles. The van der Waals surface area contributed by atoms with Crippen LogP contribution >= 0.6 is 0 Å². The van der Waals surface area contributed by atoms with E-state index < -0.39 is 0 Å². The molecule has 25 heavy (non-hydrogen) atoms. The van der Waals surface area contributed by atoms with Crippen LogP contribution in [-0.2, 0) is 0 Å². The van der Waals surface area contributed by atoms with Crippen LogP contribution in [-0.4, -0.2) is 53.6 Å². The van der Waals surface area contributed by atoms with Crippen LogP contribution in [0.1, 0.15) is 40.6 Å². The second-order valence-corrected chi connectivity index (χ2v) is 6.79. The van der Waals surface area contributed by atoms with E-state index in [4.69, 9.17) is 4.52 Å². The van der Waals surface area contributed by atoms with Crippen LogP contribution in [0.15, 0.2) is 47.0 Å². The quantitative estimate of drug-likeness (QED) is 0.841. The van der Waals surface area contributed by atoms with Gasteiger partial charge in [-0.15, -0.1) is 0 Å². The van der Waals surface area contributed by atoms with Crippen molar-refractivity contribution in [1.29, 1.82) is 0 Å². The minimum Gasteiger partial charge on any atom is -0.360 e. The lowest BCUT2D eigenvalue weighted by Crippen LogP contribution is -2.48. The average molecular weight is 337 g/mol. The van der Waals surface area contributed by atoms with E-state index in [1.165, 1.54) is 5.56 Å². The SMILES string of the molecule is O=C(c1cc(C2CC2)on1)N1CCN(C/C=C/c2ccccc2)CC1. The summed E-state index contributed by atoms with van der Waals surface area (Å²) in [6, 6.07) is 12.1. The van der Waals surface area contributed by atoms with Crippen molar-refractivity contribution in [3.8, 4) is 0 Å². The van der Waals surface area contributed by atoms with Gasteiger partial charge in [0.1, 0.15) is 5.76 Å². The molecule has 0 bridgehead atoms. The highest BCUT2D eigenvalue weighted by Crippen LogP contribution is 2.40. The molecule has 0 atom stereocenters. The molecule has 1 amide bonds. The van der Waals surface area contributed by atoms with Crippen molar-refractivity contribution in [3.63, 3.8) is 0 Å². The molecule has 0 radical (unpaired) electrons. The second-order valence-electron chi connectivity index (χ2n) is 6.79. The zero-order chi connectivity index (χ0) is 17.1. The zero-order valence-electron chi connectivity index (χ0n) is 14.3. The third-order valence-electron chi connectivity index (χ3n) is 4.86. The Morgan fingerprint density at radius 2 is 1.92 bits per heavy atom. The minimum absolute atomic E-state index is 0.00451. The molecule has 2 aromatic rings.